The molecule has 3 heterocycles. The molecule has 4 aromatic rings. The van der Waals surface area contributed by atoms with E-state index < -0.39 is 0 Å². The van der Waals surface area contributed by atoms with Crippen LogP contribution < -0.4 is 20.9 Å². The van der Waals surface area contributed by atoms with Crippen LogP contribution in [0.2, 0.25) is 0 Å². The predicted molar refractivity (Wildman–Crippen MR) is 136 cm³/mol. The predicted octanol–water partition coefficient (Wildman–Crippen LogP) is 3.98. The van der Waals surface area contributed by atoms with Gasteiger partial charge in [-0.2, -0.15) is 0 Å². The first-order valence-electron chi connectivity index (χ1n) is 11.6. The van der Waals surface area contributed by atoms with Gasteiger partial charge < -0.3 is 20.4 Å². The Kier molecular flexibility index (Phi) is 6.02. The monoisotopic (exact) mass is 455 g/mol. The lowest BCUT2D eigenvalue weighted by Crippen LogP contribution is -2.22. The maximum absolute atomic E-state index is 12.8. The Balaban J connectivity index is 1.42. The maximum atomic E-state index is 12.8. The third-order valence-corrected chi connectivity index (χ3v) is 6.21. The van der Waals surface area contributed by atoms with Gasteiger partial charge >= 0.3 is 0 Å². The first kappa shape index (κ1) is 22.1. The van der Waals surface area contributed by atoms with Gasteiger partial charge in [0.25, 0.3) is 5.56 Å². The Labute approximate surface area is 198 Å². The van der Waals surface area contributed by atoms with E-state index in [1.54, 1.807) is 13.2 Å². The molecule has 3 N–H and O–H groups in total. The topological polar surface area (TPSA) is 91.9 Å². The van der Waals surface area contributed by atoms with E-state index in [0.717, 1.165) is 42.0 Å². The zero-order valence-corrected chi connectivity index (χ0v) is 19.7. The Bertz CT molecular complexity index is 1370. The van der Waals surface area contributed by atoms with Crippen LogP contribution in [0.3, 0.4) is 0 Å². The van der Waals surface area contributed by atoms with Crippen molar-refractivity contribution in [1.29, 1.82) is 0 Å². The lowest BCUT2D eigenvalue weighted by atomic mass is 10.0. The maximum Gasteiger partial charge on any atom is 0.258 e. The van der Waals surface area contributed by atoms with Gasteiger partial charge in [0.1, 0.15) is 11.6 Å². The lowest BCUT2D eigenvalue weighted by Gasteiger charge is -2.16. The summed E-state index contributed by atoms with van der Waals surface area (Å²) < 4.78 is 5.54. The number of aryl methyl sites for hydroxylation is 2. The van der Waals surface area contributed by atoms with E-state index >= 15 is 0 Å². The number of hydrogen-bond donors (Lipinski definition) is 3. The second-order valence-corrected chi connectivity index (χ2v) is 9.02. The molecule has 7 nitrogen and oxygen atoms in total. The van der Waals surface area contributed by atoms with Crippen molar-refractivity contribution in [1.82, 2.24) is 20.3 Å². The fourth-order valence-electron chi connectivity index (χ4n) is 4.59. The van der Waals surface area contributed by atoms with E-state index in [4.69, 9.17) is 9.72 Å². The number of fused-ring (bicyclic) bond motifs is 1. The van der Waals surface area contributed by atoms with E-state index in [9.17, 15) is 4.79 Å². The number of ether oxygens (including phenoxy) is 1. The van der Waals surface area contributed by atoms with Crippen molar-refractivity contribution in [3.05, 3.63) is 81.5 Å². The Hall–Kier alpha value is -3.71. The minimum absolute atomic E-state index is 0.174. The molecule has 0 saturated carbocycles. The number of benzene rings is 2. The van der Waals surface area contributed by atoms with E-state index in [1.165, 1.54) is 11.1 Å². The number of aromatic amines is 1. The van der Waals surface area contributed by atoms with Crippen molar-refractivity contribution in [2.75, 3.05) is 25.5 Å². The van der Waals surface area contributed by atoms with E-state index in [0.29, 0.717) is 34.9 Å². The van der Waals surface area contributed by atoms with Crippen LogP contribution in [0.25, 0.3) is 22.2 Å². The molecule has 1 saturated heterocycles. The average Bonchev–Trinajstić information content (AvgIpc) is 3.32. The minimum Gasteiger partial charge on any atom is -0.495 e. The summed E-state index contributed by atoms with van der Waals surface area (Å²) in [4.78, 5) is 25.1. The number of methoxy groups -OCH3 is 1. The molecule has 2 aromatic carbocycles. The summed E-state index contributed by atoms with van der Waals surface area (Å²) in [5, 5.41) is 7.39. The summed E-state index contributed by atoms with van der Waals surface area (Å²) in [5.41, 5.74) is 6.78. The Morgan fingerprint density at radius 3 is 2.62 bits per heavy atom. The molecule has 174 valence electrons. The van der Waals surface area contributed by atoms with Gasteiger partial charge in [0, 0.05) is 30.8 Å². The standard InChI is InChI=1S/C27H29N5O2/c1-16-8-17(2)10-19(9-16)22-5-4-18(14-29-22)11-26-31-23-13-24(30-20-6-7-28-15-20)25(34-3)12-21(23)27(33)32-26/h4-5,8-10,12-14,20,28,30H,6-7,11,15H2,1-3H3,(H,31,32,33). The molecule has 0 aliphatic carbocycles. The minimum atomic E-state index is -0.174. The second-order valence-electron chi connectivity index (χ2n) is 9.02. The van der Waals surface area contributed by atoms with Gasteiger partial charge in [-0.05, 0) is 62.7 Å². The molecule has 7 heteroatoms. The fourth-order valence-corrected chi connectivity index (χ4v) is 4.59. The molecule has 1 aliphatic heterocycles. The quantitative estimate of drug-likeness (QED) is 0.407. The highest BCUT2D eigenvalue weighted by molar-refractivity contribution is 5.85. The SMILES string of the molecule is COc1cc2c(=O)[nH]c(Cc3ccc(-c4cc(C)cc(C)c4)nc3)nc2cc1NC1CCNC1. The second kappa shape index (κ2) is 9.27. The van der Waals surface area contributed by atoms with Crippen molar-refractivity contribution in [3.8, 4) is 17.0 Å². The van der Waals surface area contributed by atoms with Gasteiger partial charge in [0.2, 0.25) is 0 Å². The van der Waals surface area contributed by atoms with Crippen LogP contribution in [0, 0.1) is 13.8 Å². The highest BCUT2D eigenvalue weighted by atomic mass is 16.5. The van der Waals surface area contributed by atoms with Gasteiger partial charge in [-0.15, -0.1) is 0 Å². The van der Waals surface area contributed by atoms with Gasteiger partial charge in [-0.1, -0.05) is 23.3 Å². The van der Waals surface area contributed by atoms with Gasteiger partial charge in [0.15, 0.2) is 0 Å². The van der Waals surface area contributed by atoms with Crippen molar-refractivity contribution in [2.45, 2.75) is 32.7 Å². The first-order valence-corrected chi connectivity index (χ1v) is 11.6. The molecule has 1 aliphatic rings. The van der Waals surface area contributed by atoms with Crippen molar-refractivity contribution >= 4 is 16.6 Å². The van der Waals surface area contributed by atoms with Gasteiger partial charge in [-0.3, -0.25) is 9.78 Å². The molecular formula is C27H29N5O2. The largest absolute Gasteiger partial charge is 0.495 e. The zero-order chi connectivity index (χ0) is 23.7. The summed E-state index contributed by atoms with van der Waals surface area (Å²) in [7, 11) is 1.62. The van der Waals surface area contributed by atoms with Crippen LogP contribution in [0.4, 0.5) is 5.69 Å². The summed E-state index contributed by atoms with van der Waals surface area (Å²) in [6.07, 6.45) is 3.39. The van der Waals surface area contributed by atoms with Gasteiger partial charge in [-0.25, -0.2) is 4.98 Å². The molecule has 0 spiro atoms. The Morgan fingerprint density at radius 2 is 1.94 bits per heavy atom. The van der Waals surface area contributed by atoms with Crippen LogP contribution in [-0.2, 0) is 6.42 Å². The lowest BCUT2D eigenvalue weighted by molar-refractivity contribution is 0.416. The van der Waals surface area contributed by atoms with E-state index in [1.807, 2.05) is 24.4 Å². The van der Waals surface area contributed by atoms with Crippen LogP contribution >= 0.6 is 0 Å². The molecule has 0 radical (unpaired) electrons. The molecule has 0 amide bonds. The van der Waals surface area contributed by atoms with Crippen LogP contribution in [-0.4, -0.2) is 41.2 Å². The first-order chi connectivity index (χ1) is 16.5. The number of aromatic nitrogens is 3. The van der Waals surface area contributed by atoms with Crippen molar-refractivity contribution in [2.24, 2.45) is 0 Å². The number of hydrogen-bond acceptors (Lipinski definition) is 6. The number of rotatable bonds is 6. The molecule has 34 heavy (non-hydrogen) atoms. The smallest absolute Gasteiger partial charge is 0.258 e. The molecule has 5 rings (SSSR count). The highest BCUT2D eigenvalue weighted by Gasteiger charge is 2.17. The number of anilines is 1. The average molecular weight is 456 g/mol. The van der Waals surface area contributed by atoms with Gasteiger partial charge in [0.05, 0.1) is 29.4 Å². The highest BCUT2D eigenvalue weighted by Crippen LogP contribution is 2.29. The normalized spacial score (nSPS) is 15.6. The fraction of sp³-hybridized carbons (Fsp3) is 0.296. The third kappa shape index (κ3) is 4.65. The summed E-state index contributed by atoms with van der Waals surface area (Å²) in [5.74, 6) is 1.25. The molecule has 0 bridgehead atoms. The van der Waals surface area contributed by atoms with E-state index in [-0.39, 0.29) is 5.56 Å². The molecule has 2 aromatic heterocycles. The zero-order valence-electron chi connectivity index (χ0n) is 19.7. The summed E-state index contributed by atoms with van der Waals surface area (Å²) in [6, 6.07) is 14.5. The Morgan fingerprint density at radius 1 is 1.12 bits per heavy atom. The summed E-state index contributed by atoms with van der Waals surface area (Å²) >= 11 is 0. The summed E-state index contributed by atoms with van der Waals surface area (Å²) in [6.45, 7) is 6.08. The number of H-pyrrole nitrogens is 1. The van der Waals surface area contributed by atoms with Crippen LogP contribution in [0.5, 0.6) is 5.75 Å². The van der Waals surface area contributed by atoms with Crippen LogP contribution in [0.1, 0.15) is 28.9 Å². The van der Waals surface area contributed by atoms with Crippen molar-refractivity contribution in [3.63, 3.8) is 0 Å². The molecule has 1 fully saturated rings. The molecule has 1 atom stereocenters. The van der Waals surface area contributed by atoms with E-state index in [2.05, 4.69) is 52.6 Å². The molecular weight excluding hydrogens is 426 g/mol. The third-order valence-electron chi connectivity index (χ3n) is 6.21. The van der Waals surface area contributed by atoms with Crippen molar-refractivity contribution < 1.29 is 4.74 Å². The van der Waals surface area contributed by atoms with Crippen LogP contribution in [0.15, 0.2) is 53.5 Å². The molecule has 1 unspecified atom stereocenters. The number of nitrogens with zero attached hydrogens (tertiary/aromatic N) is 2. The number of pyridine rings is 1. The number of nitrogens with one attached hydrogen (secondary N) is 3.